The second-order valence-corrected chi connectivity index (χ2v) is 7.59. The Bertz CT molecular complexity index is 769. The summed E-state index contributed by atoms with van der Waals surface area (Å²) in [5, 5.41) is 8.67. The van der Waals surface area contributed by atoms with Crippen molar-refractivity contribution in [3.05, 3.63) is 35.9 Å². The van der Waals surface area contributed by atoms with Crippen LogP contribution in [0.2, 0.25) is 0 Å². The molecule has 0 saturated heterocycles. The minimum atomic E-state index is -0.437. The van der Waals surface area contributed by atoms with Gasteiger partial charge in [0.2, 0.25) is 5.91 Å². The van der Waals surface area contributed by atoms with Gasteiger partial charge in [0.1, 0.15) is 6.61 Å². The Morgan fingerprint density at radius 3 is 2.63 bits per heavy atom. The number of thioether (sulfide) groups is 1. The van der Waals surface area contributed by atoms with Crippen LogP contribution < -0.4 is 4.74 Å². The summed E-state index contributed by atoms with van der Waals surface area (Å²) in [6.07, 6.45) is 0. The minimum absolute atomic E-state index is 0.0156. The van der Waals surface area contributed by atoms with E-state index in [0.717, 1.165) is 0 Å². The first kappa shape index (κ1) is 21.2. The smallest absolute Gasteiger partial charge is 0.235 e. The molecule has 0 aliphatic carbocycles. The van der Waals surface area contributed by atoms with Gasteiger partial charge < -0.3 is 14.4 Å². The molecule has 2 aromatic rings. The van der Waals surface area contributed by atoms with Crippen LogP contribution in [-0.2, 0) is 16.1 Å². The number of nitrogens with zero attached hydrogens (tertiary/aromatic N) is 4. The molecule has 1 amide bonds. The number of carbonyl (C=O) groups is 1. The van der Waals surface area contributed by atoms with Crippen molar-refractivity contribution >= 4 is 17.7 Å². The topological polar surface area (TPSA) is 69.5 Å². The number of aromatic nitrogens is 3. The maximum Gasteiger partial charge on any atom is 0.235 e. The average molecular weight is 396 g/mol. The van der Waals surface area contributed by atoms with Gasteiger partial charge in [-0.1, -0.05) is 23.9 Å². The molecular formula is C18H25FN4O3S. The Morgan fingerprint density at radius 1 is 1.30 bits per heavy atom. The fraction of sp³-hybridized carbons (Fsp3) is 0.500. The van der Waals surface area contributed by atoms with Crippen molar-refractivity contribution in [2.75, 3.05) is 27.8 Å². The first-order valence-corrected chi connectivity index (χ1v) is 9.41. The van der Waals surface area contributed by atoms with E-state index in [1.807, 2.05) is 18.4 Å². The number of amides is 1. The number of hydrogen-bond acceptors (Lipinski definition) is 6. The molecule has 0 bridgehead atoms. The lowest BCUT2D eigenvalue weighted by atomic mass is 10.3. The van der Waals surface area contributed by atoms with Crippen LogP contribution in [0, 0.1) is 5.82 Å². The number of carbonyl (C=O) groups excluding carboxylic acids is 1. The molecule has 0 N–H and O–H groups in total. The zero-order valence-electron chi connectivity index (χ0n) is 16.2. The number of methoxy groups -OCH3 is 1. The van der Waals surface area contributed by atoms with Crippen molar-refractivity contribution in [3.63, 3.8) is 0 Å². The molecule has 0 radical (unpaired) electrons. The summed E-state index contributed by atoms with van der Waals surface area (Å²) >= 11 is 1.32. The zero-order valence-corrected chi connectivity index (χ0v) is 17.0. The highest BCUT2D eigenvalue weighted by Crippen LogP contribution is 2.27. The van der Waals surface area contributed by atoms with E-state index in [0.29, 0.717) is 17.6 Å². The number of rotatable bonds is 9. The SMILES string of the molecule is COC[C@H](C)n1c(COc2ccccc2F)nnc1S[C@@H](C)C(=O)N(C)C. The molecule has 9 heteroatoms. The molecule has 1 aromatic carbocycles. The fourth-order valence-corrected chi connectivity index (χ4v) is 3.64. The standard InChI is InChI=1S/C18H25FN4O3S/c1-12(10-25-5)23-16(11-26-15-9-7-6-8-14(15)19)20-21-18(23)27-13(2)17(24)22(3)4/h6-9,12-13H,10-11H2,1-5H3/t12-,13-/m0/s1. The molecule has 0 saturated carbocycles. The van der Waals surface area contributed by atoms with Gasteiger partial charge >= 0.3 is 0 Å². The predicted molar refractivity (Wildman–Crippen MR) is 101 cm³/mol. The Hall–Kier alpha value is -2.13. The van der Waals surface area contributed by atoms with Crippen molar-refractivity contribution < 1.29 is 18.7 Å². The minimum Gasteiger partial charge on any atom is -0.483 e. The maximum absolute atomic E-state index is 13.8. The molecule has 0 aliphatic heterocycles. The monoisotopic (exact) mass is 396 g/mol. The molecule has 148 valence electrons. The van der Waals surface area contributed by atoms with Crippen molar-refractivity contribution in [2.45, 2.75) is 36.9 Å². The highest BCUT2D eigenvalue weighted by atomic mass is 32.2. The summed E-state index contributed by atoms with van der Waals surface area (Å²) in [6.45, 7) is 4.28. The van der Waals surface area contributed by atoms with Crippen LogP contribution in [0.25, 0.3) is 0 Å². The summed E-state index contributed by atoms with van der Waals surface area (Å²) < 4.78 is 26.5. The van der Waals surface area contributed by atoms with Gasteiger partial charge in [-0.3, -0.25) is 9.36 Å². The van der Waals surface area contributed by atoms with E-state index < -0.39 is 5.82 Å². The third kappa shape index (κ3) is 5.43. The molecular weight excluding hydrogens is 371 g/mol. The largest absolute Gasteiger partial charge is 0.483 e. The van der Waals surface area contributed by atoms with Crippen molar-refractivity contribution in [1.29, 1.82) is 0 Å². The van der Waals surface area contributed by atoms with Crippen LogP contribution in [0.5, 0.6) is 5.75 Å². The Labute approximate surface area is 162 Å². The fourth-order valence-electron chi connectivity index (χ4n) is 2.52. The summed E-state index contributed by atoms with van der Waals surface area (Å²) in [5.74, 6) is 0.234. The third-order valence-corrected chi connectivity index (χ3v) is 4.89. The number of para-hydroxylation sites is 1. The number of halogens is 1. The van der Waals surface area contributed by atoms with Crippen LogP contribution in [0.4, 0.5) is 4.39 Å². The second kappa shape index (κ2) is 9.70. The molecule has 1 heterocycles. The number of ether oxygens (including phenoxy) is 2. The first-order valence-electron chi connectivity index (χ1n) is 8.53. The van der Waals surface area contributed by atoms with Gasteiger partial charge in [0, 0.05) is 21.2 Å². The van der Waals surface area contributed by atoms with Gasteiger partial charge in [0.05, 0.1) is 17.9 Å². The van der Waals surface area contributed by atoms with Gasteiger partial charge in [-0.15, -0.1) is 10.2 Å². The second-order valence-electron chi connectivity index (χ2n) is 6.29. The van der Waals surface area contributed by atoms with Crippen LogP contribution in [0.15, 0.2) is 29.4 Å². The molecule has 2 atom stereocenters. The molecule has 7 nitrogen and oxygen atoms in total. The summed E-state index contributed by atoms with van der Waals surface area (Å²) in [6, 6.07) is 6.12. The van der Waals surface area contributed by atoms with Crippen LogP contribution in [-0.4, -0.2) is 58.6 Å². The molecule has 0 aliphatic rings. The highest BCUT2D eigenvalue weighted by molar-refractivity contribution is 8.00. The molecule has 1 aromatic heterocycles. The van der Waals surface area contributed by atoms with Crippen molar-refractivity contribution in [2.24, 2.45) is 0 Å². The van der Waals surface area contributed by atoms with E-state index in [9.17, 15) is 9.18 Å². The quantitative estimate of drug-likeness (QED) is 0.607. The van der Waals surface area contributed by atoms with Crippen LogP contribution >= 0.6 is 11.8 Å². The summed E-state index contributed by atoms with van der Waals surface area (Å²) in [5.41, 5.74) is 0. The van der Waals surface area contributed by atoms with Gasteiger partial charge in [0.25, 0.3) is 0 Å². The van der Waals surface area contributed by atoms with E-state index in [-0.39, 0.29) is 29.6 Å². The predicted octanol–water partition coefficient (Wildman–Crippen LogP) is 2.77. The molecule has 0 fully saturated rings. The Morgan fingerprint density at radius 2 is 2.00 bits per heavy atom. The number of hydrogen-bond donors (Lipinski definition) is 0. The molecule has 0 unspecified atom stereocenters. The Kier molecular flexibility index (Phi) is 7.61. The summed E-state index contributed by atoms with van der Waals surface area (Å²) in [4.78, 5) is 13.7. The molecule has 0 spiro atoms. The normalized spacial score (nSPS) is 13.3. The zero-order chi connectivity index (χ0) is 20.0. The van der Waals surface area contributed by atoms with Crippen LogP contribution in [0.3, 0.4) is 0 Å². The van der Waals surface area contributed by atoms with E-state index in [2.05, 4.69) is 10.2 Å². The third-order valence-electron chi connectivity index (χ3n) is 3.85. The highest BCUT2D eigenvalue weighted by Gasteiger charge is 2.24. The lowest BCUT2D eigenvalue weighted by Crippen LogP contribution is -2.30. The maximum atomic E-state index is 13.8. The van der Waals surface area contributed by atoms with Crippen molar-refractivity contribution in [3.8, 4) is 5.75 Å². The van der Waals surface area contributed by atoms with Crippen molar-refractivity contribution in [1.82, 2.24) is 19.7 Å². The lowest BCUT2D eigenvalue weighted by molar-refractivity contribution is -0.127. The van der Waals surface area contributed by atoms with Gasteiger partial charge in [-0.2, -0.15) is 0 Å². The first-order chi connectivity index (χ1) is 12.8. The molecule has 27 heavy (non-hydrogen) atoms. The Balaban J connectivity index is 2.22. The van der Waals surface area contributed by atoms with E-state index in [1.165, 1.54) is 17.8 Å². The van der Waals surface area contributed by atoms with Gasteiger partial charge in [-0.25, -0.2) is 4.39 Å². The average Bonchev–Trinajstić information content (AvgIpc) is 3.03. The van der Waals surface area contributed by atoms with E-state index in [4.69, 9.17) is 9.47 Å². The van der Waals surface area contributed by atoms with Crippen LogP contribution in [0.1, 0.15) is 25.7 Å². The summed E-state index contributed by atoms with van der Waals surface area (Å²) in [7, 11) is 5.04. The lowest BCUT2D eigenvalue weighted by Gasteiger charge is -2.20. The van der Waals surface area contributed by atoms with E-state index >= 15 is 0 Å². The molecule has 2 rings (SSSR count). The number of benzene rings is 1. The van der Waals surface area contributed by atoms with Gasteiger partial charge in [0.15, 0.2) is 22.5 Å². The van der Waals surface area contributed by atoms with Gasteiger partial charge in [-0.05, 0) is 26.0 Å². The van der Waals surface area contributed by atoms with E-state index in [1.54, 1.807) is 44.3 Å².